The van der Waals surface area contributed by atoms with Gasteiger partial charge in [-0.2, -0.15) is 0 Å². The van der Waals surface area contributed by atoms with E-state index in [0.717, 1.165) is 11.3 Å². The predicted octanol–water partition coefficient (Wildman–Crippen LogP) is 1.45. The molecular formula is C20H27Cl2N3O6. The van der Waals surface area contributed by atoms with Crippen molar-refractivity contribution in [3.05, 3.63) is 29.8 Å². The molecule has 0 aromatic heterocycles. The second kappa shape index (κ2) is 13.7. The van der Waals surface area contributed by atoms with Crippen LogP contribution in [0.3, 0.4) is 0 Å². The normalized spacial score (nSPS) is 12.5. The molecule has 1 aromatic carbocycles. The number of carboxylic acids is 2. The Bertz CT molecular complexity index is 754. The molecule has 0 radical (unpaired) electrons. The van der Waals surface area contributed by atoms with Gasteiger partial charge in [0, 0.05) is 50.3 Å². The molecule has 0 aliphatic heterocycles. The molecule has 11 heteroatoms. The molecule has 0 heterocycles. The number of hydrogen-bond donors (Lipinski definition) is 4. The standard InChI is InChI=1S/C20H27Cl2N3O6/c1-13(26)23-17(19(29)24-16(20(30)31)6-7-18(27)28)12-14-2-4-15(5-3-14)25(10-8-21)11-9-22/h2-5,16-17H,6-12H2,1H3,(H,23,26)(H,24,29)(H,27,28)(H,30,31)/t16-,17-/m0/s1. The zero-order valence-electron chi connectivity index (χ0n) is 17.1. The average molecular weight is 476 g/mol. The Kier molecular flexibility index (Phi) is 11.7. The largest absolute Gasteiger partial charge is 0.481 e. The van der Waals surface area contributed by atoms with Gasteiger partial charge in [-0.15, -0.1) is 23.2 Å². The molecule has 0 aliphatic carbocycles. The lowest BCUT2D eigenvalue weighted by Gasteiger charge is -2.24. The number of carbonyl (C=O) groups excluding carboxylic acids is 2. The van der Waals surface area contributed by atoms with Gasteiger partial charge >= 0.3 is 11.9 Å². The van der Waals surface area contributed by atoms with E-state index < -0.39 is 42.3 Å². The van der Waals surface area contributed by atoms with Gasteiger partial charge in [0.25, 0.3) is 0 Å². The molecule has 0 saturated heterocycles. The Morgan fingerprint density at radius 2 is 1.55 bits per heavy atom. The maximum atomic E-state index is 12.6. The van der Waals surface area contributed by atoms with E-state index in [4.69, 9.17) is 28.3 Å². The predicted molar refractivity (Wildman–Crippen MR) is 118 cm³/mol. The maximum absolute atomic E-state index is 12.6. The van der Waals surface area contributed by atoms with Gasteiger partial charge in [-0.05, 0) is 24.1 Å². The lowest BCUT2D eigenvalue weighted by molar-refractivity contribution is -0.143. The molecule has 1 aromatic rings. The number of hydrogen-bond acceptors (Lipinski definition) is 5. The van der Waals surface area contributed by atoms with Crippen LogP contribution in [0.15, 0.2) is 24.3 Å². The number of anilines is 1. The number of halogens is 2. The SMILES string of the molecule is CC(=O)N[C@@H](Cc1ccc(N(CCCl)CCCl)cc1)C(=O)N[C@@H](CCC(=O)O)C(=O)O. The second-order valence-corrected chi connectivity index (χ2v) is 7.58. The number of amides is 2. The average Bonchev–Trinajstić information content (AvgIpc) is 2.70. The van der Waals surface area contributed by atoms with Crippen molar-refractivity contribution in [1.29, 1.82) is 0 Å². The molecule has 0 bridgehead atoms. The van der Waals surface area contributed by atoms with E-state index >= 15 is 0 Å². The fourth-order valence-corrected chi connectivity index (χ4v) is 3.31. The molecule has 0 spiro atoms. The van der Waals surface area contributed by atoms with Gasteiger partial charge in [0.2, 0.25) is 11.8 Å². The number of alkyl halides is 2. The molecule has 0 fully saturated rings. The Hall–Kier alpha value is -2.52. The molecular weight excluding hydrogens is 449 g/mol. The van der Waals surface area contributed by atoms with Crippen molar-refractivity contribution < 1.29 is 29.4 Å². The number of aliphatic carboxylic acids is 2. The minimum atomic E-state index is -1.37. The third-order valence-electron chi connectivity index (χ3n) is 4.41. The first kappa shape index (κ1) is 26.5. The van der Waals surface area contributed by atoms with Crippen LogP contribution in [0, 0.1) is 0 Å². The zero-order chi connectivity index (χ0) is 23.4. The van der Waals surface area contributed by atoms with Crippen molar-refractivity contribution >= 4 is 52.6 Å². The van der Waals surface area contributed by atoms with Gasteiger partial charge < -0.3 is 25.7 Å². The monoisotopic (exact) mass is 475 g/mol. The quantitative estimate of drug-likeness (QED) is 0.299. The smallest absolute Gasteiger partial charge is 0.326 e. The summed E-state index contributed by atoms with van der Waals surface area (Å²) in [4.78, 5) is 48.2. The van der Waals surface area contributed by atoms with Crippen LogP contribution in [0.1, 0.15) is 25.3 Å². The summed E-state index contributed by atoms with van der Waals surface area (Å²) >= 11 is 11.7. The first-order valence-corrected chi connectivity index (χ1v) is 10.7. The summed E-state index contributed by atoms with van der Waals surface area (Å²) in [7, 11) is 0. The molecule has 9 nitrogen and oxygen atoms in total. The molecule has 0 saturated carbocycles. The first-order valence-electron chi connectivity index (χ1n) is 9.65. The highest BCUT2D eigenvalue weighted by molar-refractivity contribution is 6.18. The molecule has 4 N–H and O–H groups in total. The lowest BCUT2D eigenvalue weighted by atomic mass is 10.0. The van der Waals surface area contributed by atoms with Crippen LogP contribution in [0.5, 0.6) is 0 Å². The van der Waals surface area contributed by atoms with Gasteiger partial charge in [-0.25, -0.2) is 4.79 Å². The fraction of sp³-hybridized carbons (Fsp3) is 0.500. The molecule has 2 atom stereocenters. The van der Waals surface area contributed by atoms with Gasteiger partial charge in [0.1, 0.15) is 12.1 Å². The third kappa shape index (κ3) is 9.89. The van der Waals surface area contributed by atoms with E-state index in [0.29, 0.717) is 24.8 Å². The highest BCUT2D eigenvalue weighted by Gasteiger charge is 2.26. The van der Waals surface area contributed by atoms with Crippen LogP contribution >= 0.6 is 23.2 Å². The minimum Gasteiger partial charge on any atom is -0.481 e. The van der Waals surface area contributed by atoms with Gasteiger partial charge in [0.15, 0.2) is 0 Å². The number of nitrogens with zero attached hydrogens (tertiary/aromatic N) is 1. The van der Waals surface area contributed by atoms with Crippen LogP contribution in [0.4, 0.5) is 5.69 Å². The Morgan fingerprint density at radius 1 is 0.968 bits per heavy atom. The molecule has 1 rings (SSSR count). The van der Waals surface area contributed by atoms with Crippen LogP contribution in [0.25, 0.3) is 0 Å². The van der Waals surface area contributed by atoms with Crippen LogP contribution in [0.2, 0.25) is 0 Å². The summed E-state index contributed by atoms with van der Waals surface area (Å²) in [5.41, 5.74) is 1.65. The zero-order valence-corrected chi connectivity index (χ0v) is 18.7. The van der Waals surface area contributed by atoms with E-state index in [9.17, 15) is 24.3 Å². The Balaban J connectivity index is 2.91. The summed E-state index contributed by atoms with van der Waals surface area (Å²) in [5, 5.41) is 22.8. The highest BCUT2D eigenvalue weighted by atomic mass is 35.5. The summed E-state index contributed by atoms with van der Waals surface area (Å²) in [6.07, 6.45) is -0.554. The number of carboxylic acid groups (broad SMARTS) is 2. The van der Waals surface area contributed by atoms with E-state index in [2.05, 4.69) is 10.6 Å². The number of carbonyl (C=O) groups is 4. The Morgan fingerprint density at radius 3 is 2.00 bits per heavy atom. The topological polar surface area (TPSA) is 136 Å². The first-order chi connectivity index (χ1) is 14.7. The third-order valence-corrected chi connectivity index (χ3v) is 4.74. The van der Waals surface area contributed by atoms with Crippen molar-refractivity contribution in [3.8, 4) is 0 Å². The minimum absolute atomic E-state index is 0.127. The number of rotatable bonds is 14. The maximum Gasteiger partial charge on any atom is 0.326 e. The van der Waals surface area contributed by atoms with Gasteiger partial charge in [-0.1, -0.05) is 12.1 Å². The summed E-state index contributed by atoms with van der Waals surface area (Å²) in [6, 6.07) is 4.91. The summed E-state index contributed by atoms with van der Waals surface area (Å²) in [5.74, 6) is -2.80. The van der Waals surface area contributed by atoms with Crippen molar-refractivity contribution in [2.75, 3.05) is 29.7 Å². The molecule has 0 aliphatic rings. The van der Waals surface area contributed by atoms with E-state index in [1.54, 1.807) is 12.1 Å². The molecule has 172 valence electrons. The lowest BCUT2D eigenvalue weighted by Crippen LogP contribution is -2.52. The number of benzene rings is 1. The van der Waals surface area contributed by atoms with Crippen molar-refractivity contribution in [2.24, 2.45) is 0 Å². The molecule has 31 heavy (non-hydrogen) atoms. The summed E-state index contributed by atoms with van der Waals surface area (Å²) < 4.78 is 0. The molecule has 0 unspecified atom stereocenters. The van der Waals surface area contributed by atoms with Crippen LogP contribution < -0.4 is 15.5 Å². The Labute approximate surface area is 190 Å². The van der Waals surface area contributed by atoms with E-state index in [-0.39, 0.29) is 12.8 Å². The highest BCUT2D eigenvalue weighted by Crippen LogP contribution is 2.17. The van der Waals surface area contributed by atoms with Gasteiger partial charge in [0.05, 0.1) is 0 Å². The fourth-order valence-electron chi connectivity index (χ4n) is 2.90. The van der Waals surface area contributed by atoms with Crippen LogP contribution in [-0.4, -0.2) is 70.9 Å². The van der Waals surface area contributed by atoms with Crippen molar-refractivity contribution in [2.45, 2.75) is 38.3 Å². The molecule has 2 amide bonds. The van der Waals surface area contributed by atoms with Crippen molar-refractivity contribution in [3.63, 3.8) is 0 Å². The van der Waals surface area contributed by atoms with Crippen molar-refractivity contribution in [1.82, 2.24) is 10.6 Å². The van der Waals surface area contributed by atoms with E-state index in [1.165, 1.54) is 6.92 Å². The summed E-state index contributed by atoms with van der Waals surface area (Å²) in [6.45, 7) is 2.49. The van der Waals surface area contributed by atoms with Gasteiger partial charge in [-0.3, -0.25) is 14.4 Å². The van der Waals surface area contributed by atoms with E-state index in [1.807, 2.05) is 17.0 Å². The van der Waals surface area contributed by atoms with Crippen LogP contribution in [-0.2, 0) is 25.6 Å². The second-order valence-electron chi connectivity index (χ2n) is 6.82. The number of nitrogens with one attached hydrogen (secondary N) is 2.